The minimum Gasteiger partial charge on any atom is -0.379 e. The largest absolute Gasteiger partial charge is 0.379 e. The maximum absolute atomic E-state index is 11.3. The van der Waals surface area contributed by atoms with Crippen LogP contribution in [0.2, 0.25) is 0 Å². The van der Waals surface area contributed by atoms with Crippen LogP contribution in [0.5, 0.6) is 0 Å². The van der Waals surface area contributed by atoms with Crippen LogP contribution >= 0.6 is 0 Å². The van der Waals surface area contributed by atoms with E-state index in [4.69, 9.17) is 0 Å². The number of hydrogen-bond acceptors (Lipinski definition) is 5. The number of rotatable bonds is 3. The molecule has 0 saturated heterocycles. The molecule has 0 unspecified atom stereocenters. The zero-order valence-corrected chi connectivity index (χ0v) is 10.7. The second-order valence-electron chi connectivity index (χ2n) is 4.41. The van der Waals surface area contributed by atoms with Gasteiger partial charge in [0, 0.05) is 18.9 Å². The van der Waals surface area contributed by atoms with Gasteiger partial charge in [0.1, 0.15) is 5.69 Å². The van der Waals surface area contributed by atoms with Crippen molar-refractivity contribution in [2.45, 2.75) is 6.54 Å². The lowest BCUT2D eigenvalue weighted by Gasteiger charge is -2.05. The van der Waals surface area contributed by atoms with Crippen molar-refractivity contribution in [3.05, 3.63) is 50.8 Å². The molecule has 0 aliphatic heterocycles. The van der Waals surface area contributed by atoms with Crippen molar-refractivity contribution in [1.29, 1.82) is 0 Å². The van der Waals surface area contributed by atoms with Crippen molar-refractivity contribution >= 4 is 16.7 Å². The van der Waals surface area contributed by atoms with E-state index < -0.39 is 11.1 Å². The number of hydrogen-bond donors (Lipinski definition) is 3. The van der Waals surface area contributed by atoms with E-state index in [0.717, 1.165) is 11.4 Å². The monoisotopic (exact) mass is 272 g/mol. The maximum Gasteiger partial charge on any atom is 0.314 e. The van der Waals surface area contributed by atoms with Crippen molar-refractivity contribution in [1.82, 2.24) is 25.0 Å². The molecule has 2 aromatic heterocycles. The normalized spacial score (nSPS) is 10.8. The molecule has 0 saturated carbocycles. The van der Waals surface area contributed by atoms with Crippen molar-refractivity contribution in [3.63, 3.8) is 0 Å². The molecule has 0 atom stereocenters. The molecule has 0 radical (unpaired) electrons. The van der Waals surface area contributed by atoms with Crippen molar-refractivity contribution in [2.24, 2.45) is 7.05 Å². The van der Waals surface area contributed by atoms with Crippen LogP contribution in [0.3, 0.4) is 0 Å². The Kier molecular flexibility index (Phi) is 2.82. The average Bonchev–Trinajstić information content (AvgIpc) is 2.84. The molecule has 20 heavy (non-hydrogen) atoms. The molecule has 3 aromatic rings. The molecular formula is C12H12N6O2. The summed E-state index contributed by atoms with van der Waals surface area (Å²) in [5, 5.41) is 11.0. The lowest BCUT2D eigenvalue weighted by molar-refractivity contribution is 0.713. The van der Waals surface area contributed by atoms with Gasteiger partial charge in [-0.1, -0.05) is 5.21 Å². The Morgan fingerprint density at radius 2 is 1.95 bits per heavy atom. The highest BCUT2D eigenvalue weighted by atomic mass is 16.2. The Hall–Kier alpha value is -2.90. The first kappa shape index (κ1) is 12.2. The van der Waals surface area contributed by atoms with E-state index in [1.54, 1.807) is 23.9 Å². The quantitative estimate of drug-likeness (QED) is 0.580. The summed E-state index contributed by atoms with van der Waals surface area (Å²) in [5.74, 6) is 0. The number of nitrogens with one attached hydrogen (secondary N) is 3. The fourth-order valence-corrected chi connectivity index (χ4v) is 1.89. The van der Waals surface area contributed by atoms with Crippen molar-refractivity contribution < 1.29 is 0 Å². The van der Waals surface area contributed by atoms with Crippen LogP contribution in [0.4, 0.5) is 5.69 Å². The molecule has 102 valence electrons. The third-order valence-electron chi connectivity index (χ3n) is 2.85. The summed E-state index contributed by atoms with van der Waals surface area (Å²) in [6.07, 6.45) is 1.81. The first-order valence-corrected chi connectivity index (χ1v) is 5.97. The summed E-state index contributed by atoms with van der Waals surface area (Å²) in [4.78, 5) is 27.5. The third kappa shape index (κ3) is 2.30. The van der Waals surface area contributed by atoms with Crippen LogP contribution in [0.15, 0.2) is 34.0 Å². The molecule has 3 N–H and O–H groups in total. The Balaban J connectivity index is 1.87. The predicted octanol–water partition coefficient (Wildman–Crippen LogP) is -0.0430. The summed E-state index contributed by atoms with van der Waals surface area (Å²) in [6, 6.07) is 5.29. The second kappa shape index (κ2) is 4.65. The smallest absolute Gasteiger partial charge is 0.314 e. The zero-order chi connectivity index (χ0) is 14.1. The lowest BCUT2D eigenvalue weighted by Crippen LogP contribution is -2.28. The van der Waals surface area contributed by atoms with Gasteiger partial charge in [-0.2, -0.15) is 0 Å². The summed E-state index contributed by atoms with van der Waals surface area (Å²) in [7, 11) is 1.80. The van der Waals surface area contributed by atoms with Gasteiger partial charge in [0.25, 0.3) is 0 Å². The molecule has 8 heteroatoms. The van der Waals surface area contributed by atoms with Gasteiger partial charge in [0.05, 0.1) is 17.6 Å². The highest BCUT2D eigenvalue weighted by molar-refractivity contribution is 5.78. The number of fused-ring (bicyclic) bond motifs is 1. The highest BCUT2D eigenvalue weighted by Crippen LogP contribution is 2.14. The third-order valence-corrected chi connectivity index (χ3v) is 2.85. The summed E-state index contributed by atoms with van der Waals surface area (Å²) in [6.45, 7) is 0.521. The van der Waals surface area contributed by atoms with Gasteiger partial charge in [0.2, 0.25) is 0 Å². The molecular weight excluding hydrogens is 260 g/mol. The molecule has 0 aliphatic carbocycles. The molecule has 0 bridgehead atoms. The molecule has 0 aliphatic rings. The summed E-state index contributed by atoms with van der Waals surface area (Å²) >= 11 is 0. The number of aryl methyl sites for hydroxylation is 1. The standard InChI is InChI=1S/C12H12N6O2/c1-18-6-8(16-17-18)5-13-7-2-3-9-10(4-7)15-12(20)11(19)14-9/h2-4,6,13H,5H2,1H3,(H,14,19)(H,15,20). The van der Waals surface area contributed by atoms with Crippen LogP contribution < -0.4 is 16.4 Å². The second-order valence-corrected chi connectivity index (χ2v) is 4.41. The predicted molar refractivity (Wildman–Crippen MR) is 73.5 cm³/mol. The van der Waals surface area contributed by atoms with Crippen molar-refractivity contribution in [2.75, 3.05) is 5.32 Å². The number of aromatic amines is 2. The van der Waals surface area contributed by atoms with Gasteiger partial charge in [-0.15, -0.1) is 5.10 Å². The van der Waals surface area contributed by atoms with Gasteiger partial charge in [-0.25, -0.2) is 0 Å². The molecule has 8 nitrogen and oxygen atoms in total. The van der Waals surface area contributed by atoms with Crippen LogP contribution in [0, 0.1) is 0 Å². The van der Waals surface area contributed by atoms with E-state index in [1.165, 1.54) is 0 Å². The number of H-pyrrole nitrogens is 2. The summed E-state index contributed by atoms with van der Waals surface area (Å²) in [5.41, 5.74) is 1.45. The minimum absolute atomic E-state index is 0.521. The Morgan fingerprint density at radius 3 is 2.65 bits per heavy atom. The number of aromatic nitrogens is 5. The Labute approximate surface area is 112 Å². The maximum atomic E-state index is 11.3. The lowest BCUT2D eigenvalue weighted by atomic mass is 10.2. The van der Waals surface area contributed by atoms with Crippen LogP contribution in [0.1, 0.15) is 5.69 Å². The minimum atomic E-state index is -0.663. The fourth-order valence-electron chi connectivity index (χ4n) is 1.89. The van der Waals surface area contributed by atoms with Crippen LogP contribution in [-0.2, 0) is 13.6 Å². The first-order valence-electron chi connectivity index (χ1n) is 5.97. The molecule has 1 aromatic carbocycles. The summed E-state index contributed by atoms with van der Waals surface area (Å²) < 4.78 is 1.62. The van der Waals surface area contributed by atoms with E-state index in [-0.39, 0.29) is 0 Å². The van der Waals surface area contributed by atoms with Gasteiger partial charge >= 0.3 is 11.1 Å². The van der Waals surface area contributed by atoms with E-state index in [2.05, 4.69) is 25.6 Å². The zero-order valence-electron chi connectivity index (χ0n) is 10.7. The molecule has 0 fully saturated rings. The number of benzene rings is 1. The fraction of sp³-hybridized carbons (Fsp3) is 0.167. The van der Waals surface area contributed by atoms with Gasteiger partial charge < -0.3 is 15.3 Å². The van der Waals surface area contributed by atoms with E-state index in [1.807, 2.05) is 12.3 Å². The van der Waals surface area contributed by atoms with E-state index in [0.29, 0.717) is 17.6 Å². The molecule has 0 spiro atoms. The Morgan fingerprint density at radius 1 is 1.20 bits per heavy atom. The van der Waals surface area contributed by atoms with E-state index >= 15 is 0 Å². The topological polar surface area (TPSA) is 108 Å². The molecule has 0 amide bonds. The highest BCUT2D eigenvalue weighted by Gasteiger charge is 2.02. The van der Waals surface area contributed by atoms with Crippen LogP contribution in [0.25, 0.3) is 11.0 Å². The number of anilines is 1. The first-order chi connectivity index (χ1) is 9.61. The van der Waals surface area contributed by atoms with Crippen molar-refractivity contribution in [3.8, 4) is 0 Å². The van der Waals surface area contributed by atoms with Gasteiger partial charge in [-0.3, -0.25) is 14.3 Å². The number of nitrogens with zero attached hydrogens (tertiary/aromatic N) is 3. The molecule has 3 rings (SSSR count). The van der Waals surface area contributed by atoms with Gasteiger partial charge in [-0.05, 0) is 18.2 Å². The van der Waals surface area contributed by atoms with E-state index in [9.17, 15) is 9.59 Å². The average molecular weight is 272 g/mol. The SMILES string of the molecule is Cn1cc(CNc2ccc3[nH]c(=O)c(=O)[nH]c3c2)nn1. The molecule has 2 heterocycles. The van der Waals surface area contributed by atoms with Crippen LogP contribution in [-0.4, -0.2) is 25.0 Å². The van der Waals surface area contributed by atoms with Gasteiger partial charge in [0.15, 0.2) is 0 Å². The Bertz CT molecular complexity index is 875.